The number of methoxy groups -OCH3 is 1. The first-order valence-corrected chi connectivity index (χ1v) is 11.4. The first-order chi connectivity index (χ1) is 18.0. The highest BCUT2D eigenvalue weighted by Crippen LogP contribution is 2.29. The van der Waals surface area contributed by atoms with Gasteiger partial charge in [0.1, 0.15) is 17.5 Å². The molecule has 10 nitrogen and oxygen atoms in total. The Kier molecular flexibility index (Phi) is 6.18. The van der Waals surface area contributed by atoms with E-state index in [4.69, 9.17) is 10.5 Å². The topological polar surface area (TPSA) is 145 Å². The van der Waals surface area contributed by atoms with E-state index >= 15 is 0 Å². The number of nitrogens with two attached hydrogens (primary N) is 1. The number of nitrogen functional groups attached to an aromatic ring is 1. The smallest absolute Gasteiger partial charge is 0.263 e. The fraction of sp³-hybridized carbons (Fsp3) is 0.111. The highest BCUT2D eigenvalue weighted by Gasteiger charge is 2.20. The van der Waals surface area contributed by atoms with E-state index in [0.29, 0.717) is 33.9 Å². The molecule has 5 aromatic rings. The lowest BCUT2D eigenvalue weighted by Gasteiger charge is -2.22. The molecule has 0 saturated carbocycles. The molecule has 0 aliphatic rings. The van der Waals surface area contributed by atoms with Crippen LogP contribution < -0.4 is 21.3 Å². The summed E-state index contributed by atoms with van der Waals surface area (Å²) in [5.74, 6) is 0.713. The van der Waals surface area contributed by atoms with Crippen molar-refractivity contribution in [2.45, 2.75) is 13.0 Å². The molecule has 0 amide bonds. The molecule has 3 N–H and O–H groups in total. The average Bonchev–Trinajstić information content (AvgIpc) is 2.93. The summed E-state index contributed by atoms with van der Waals surface area (Å²) in [5, 5.41) is 14.0. The molecule has 3 aromatic heterocycles. The third-order valence-corrected chi connectivity index (χ3v) is 5.93. The molecule has 3 heterocycles. The van der Waals surface area contributed by atoms with Crippen LogP contribution in [0.5, 0.6) is 5.88 Å². The monoisotopic (exact) mass is 490 g/mol. The van der Waals surface area contributed by atoms with E-state index in [2.05, 4.69) is 31.3 Å². The summed E-state index contributed by atoms with van der Waals surface area (Å²) in [6.07, 6.45) is 4.47. The maximum Gasteiger partial charge on any atom is 0.263 e. The maximum atomic E-state index is 14.2. The maximum absolute atomic E-state index is 14.2. The molecule has 1 unspecified atom stereocenters. The standard InChI is InChI=1S/C27H22N8O2/c1-16(33-25-18(12-28)13-32-27(29)34-25)22-11-17-7-6-10-20(21-14-31-23(37-2)15-30-21)24(17)26(36)35(22)19-8-4-3-5-9-19/h3-11,13-16H,1-2H3,(H3,29,32,33,34). The number of nitrogens with one attached hydrogen (secondary N) is 1. The van der Waals surface area contributed by atoms with Gasteiger partial charge in [-0.15, -0.1) is 0 Å². The van der Waals surface area contributed by atoms with Gasteiger partial charge in [-0.2, -0.15) is 10.2 Å². The minimum atomic E-state index is -0.428. The Morgan fingerprint density at radius 3 is 2.57 bits per heavy atom. The van der Waals surface area contributed by atoms with Crippen LogP contribution in [0.4, 0.5) is 11.8 Å². The van der Waals surface area contributed by atoms with Gasteiger partial charge in [0.15, 0.2) is 0 Å². The van der Waals surface area contributed by atoms with Gasteiger partial charge in [0.2, 0.25) is 11.8 Å². The number of benzene rings is 2. The summed E-state index contributed by atoms with van der Waals surface area (Å²) in [5.41, 5.74) is 8.36. The van der Waals surface area contributed by atoms with Gasteiger partial charge < -0.3 is 15.8 Å². The largest absolute Gasteiger partial charge is 0.480 e. The summed E-state index contributed by atoms with van der Waals surface area (Å²) < 4.78 is 6.77. The number of fused-ring (bicyclic) bond motifs is 1. The molecule has 0 aliphatic carbocycles. The molecule has 5 rings (SSSR count). The second-order valence-corrected chi connectivity index (χ2v) is 8.23. The number of hydrogen-bond donors (Lipinski definition) is 2. The highest BCUT2D eigenvalue weighted by molar-refractivity contribution is 5.95. The van der Waals surface area contributed by atoms with Crippen LogP contribution in [-0.4, -0.2) is 31.6 Å². The Bertz CT molecular complexity index is 1690. The molecule has 2 aromatic carbocycles. The fourth-order valence-corrected chi connectivity index (χ4v) is 4.18. The summed E-state index contributed by atoms with van der Waals surface area (Å²) in [6, 6.07) is 18.5. The molecule has 0 fully saturated rings. The van der Waals surface area contributed by atoms with Crippen molar-refractivity contribution >= 4 is 22.5 Å². The molecule has 0 spiro atoms. The molecular weight excluding hydrogens is 468 g/mol. The van der Waals surface area contributed by atoms with Crippen LogP contribution in [0.3, 0.4) is 0 Å². The van der Waals surface area contributed by atoms with Crippen molar-refractivity contribution in [3.8, 4) is 28.9 Å². The van der Waals surface area contributed by atoms with Crippen LogP contribution in [0.2, 0.25) is 0 Å². The van der Waals surface area contributed by atoms with Crippen LogP contribution in [0, 0.1) is 11.3 Å². The summed E-state index contributed by atoms with van der Waals surface area (Å²) in [6.45, 7) is 1.89. The van der Waals surface area contributed by atoms with Crippen molar-refractivity contribution in [3.63, 3.8) is 0 Å². The second-order valence-electron chi connectivity index (χ2n) is 8.23. The number of pyridine rings is 1. The van der Waals surface area contributed by atoms with Crippen LogP contribution in [-0.2, 0) is 0 Å². The number of rotatable bonds is 6. The Morgan fingerprint density at radius 2 is 1.86 bits per heavy atom. The zero-order chi connectivity index (χ0) is 25.9. The van der Waals surface area contributed by atoms with Crippen molar-refractivity contribution in [2.24, 2.45) is 0 Å². The molecule has 1 atom stereocenters. The normalized spacial score (nSPS) is 11.6. The zero-order valence-electron chi connectivity index (χ0n) is 20.1. The summed E-state index contributed by atoms with van der Waals surface area (Å²) >= 11 is 0. The minimum absolute atomic E-state index is 0.0397. The van der Waals surface area contributed by atoms with Gasteiger partial charge in [0.25, 0.3) is 5.56 Å². The van der Waals surface area contributed by atoms with Gasteiger partial charge in [-0.25, -0.2) is 15.0 Å². The lowest BCUT2D eigenvalue weighted by Crippen LogP contribution is -2.26. The first-order valence-electron chi connectivity index (χ1n) is 11.4. The third kappa shape index (κ3) is 4.41. The van der Waals surface area contributed by atoms with E-state index in [0.717, 1.165) is 5.39 Å². The average molecular weight is 491 g/mol. The van der Waals surface area contributed by atoms with Crippen LogP contribution in [0.1, 0.15) is 24.2 Å². The summed E-state index contributed by atoms with van der Waals surface area (Å²) in [4.78, 5) is 30.9. The number of nitrogens with zero attached hydrogens (tertiary/aromatic N) is 6. The number of para-hydroxylation sites is 1. The minimum Gasteiger partial charge on any atom is -0.480 e. The van der Waals surface area contributed by atoms with Crippen LogP contribution in [0.15, 0.2) is 78.0 Å². The van der Waals surface area contributed by atoms with Gasteiger partial charge in [-0.3, -0.25) is 9.36 Å². The second kappa shape index (κ2) is 9.75. The Hall–Kier alpha value is -5.30. The number of ether oxygens (including phenoxy) is 1. The number of anilines is 2. The van der Waals surface area contributed by atoms with E-state index in [1.54, 1.807) is 10.8 Å². The van der Waals surface area contributed by atoms with Crippen molar-refractivity contribution in [1.29, 1.82) is 5.26 Å². The van der Waals surface area contributed by atoms with Crippen LogP contribution >= 0.6 is 0 Å². The van der Waals surface area contributed by atoms with E-state index in [-0.39, 0.29) is 22.9 Å². The molecule has 0 radical (unpaired) electrons. The van der Waals surface area contributed by atoms with Crippen LogP contribution in [0.25, 0.3) is 27.7 Å². The molecule has 182 valence electrons. The molecule has 37 heavy (non-hydrogen) atoms. The quantitative estimate of drug-likeness (QED) is 0.362. The highest BCUT2D eigenvalue weighted by atomic mass is 16.5. The number of aromatic nitrogens is 5. The van der Waals surface area contributed by atoms with Crippen molar-refractivity contribution in [3.05, 3.63) is 94.8 Å². The molecule has 10 heteroatoms. The van der Waals surface area contributed by atoms with Gasteiger partial charge in [-0.1, -0.05) is 36.4 Å². The SMILES string of the molecule is COc1cnc(-c2cccc3cc(C(C)Nc4nc(N)ncc4C#N)n(-c4ccccc4)c(=O)c23)cn1. The molecule has 0 saturated heterocycles. The van der Waals surface area contributed by atoms with Gasteiger partial charge in [0, 0.05) is 16.9 Å². The predicted octanol–water partition coefficient (Wildman–Crippen LogP) is 3.87. The Balaban J connectivity index is 1.73. The Morgan fingerprint density at radius 1 is 1.05 bits per heavy atom. The lowest BCUT2D eigenvalue weighted by molar-refractivity contribution is 0.396. The van der Waals surface area contributed by atoms with E-state index < -0.39 is 6.04 Å². The van der Waals surface area contributed by atoms with Crippen molar-refractivity contribution in [2.75, 3.05) is 18.2 Å². The molecule has 0 bridgehead atoms. The predicted molar refractivity (Wildman–Crippen MR) is 140 cm³/mol. The van der Waals surface area contributed by atoms with Crippen molar-refractivity contribution in [1.82, 2.24) is 24.5 Å². The number of hydrogen-bond acceptors (Lipinski definition) is 9. The molecule has 0 aliphatic heterocycles. The Labute approximate surface area is 212 Å². The van der Waals surface area contributed by atoms with Gasteiger partial charge in [-0.05, 0) is 30.5 Å². The third-order valence-electron chi connectivity index (χ3n) is 5.93. The van der Waals surface area contributed by atoms with Crippen molar-refractivity contribution < 1.29 is 4.74 Å². The number of nitriles is 1. The lowest BCUT2D eigenvalue weighted by atomic mass is 10.0. The fourth-order valence-electron chi connectivity index (χ4n) is 4.18. The van der Waals surface area contributed by atoms with Gasteiger partial charge >= 0.3 is 0 Å². The summed E-state index contributed by atoms with van der Waals surface area (Å²) in [7, 11) is 1.52. The first kappa shape index (κ1) is 23.4. The van der Waals surface area contributed by atoms with E-state index in [1.807, 2.05) is 61.5 Å². The molecular formula is C27H22N8O2. The van der Waals surface area contributed by atoms with Gasteiger partial charge in [0.05, 0.1) is 42.8 Å². The van der Waals surface area contributed by atoms with E-state index in [9.17, 15) is 10.1 Å². The zero-order valence-corrected chi connectivity index (χ0v) is 20.1. The van der Waals surface area contributed by atoms with E-state index in [1.165, 1.54) is 19.5 Å².